The maximum Gasteiger partial charge on any atom is 0.330 e. The molecule has 1 rings (SSSR count). The summed E-state index contributed by atoms with van der Waals surface area (Å²) in [6.07, 6.45) is 2.81. The van der Waals surface area contributed by atoms with Gasteiger partial charge in [-0.1, -0.05) is 0 Å². The summed E-state index contributed by atoms with van der Waals surface area (Å²) >= 11 is 0. The van der Waals surface area contributed by atoms with Gasteiger partial charge in [-0.3, -0.25) is 4.79 Å². The minimum Gasteiger partial charge on any atom is -0.493 e. The standard InChI is InChI=1S/C16H20O7/c1-11(17)22-7-8-23-15(18)6-5-12-9-13(19-2)16(21-4)14(10-12)20-3/h5-6,9-10H,7-8H2,1-4H3/b6-5+. The molecule has 0 atom stereocenters. The zero-order valence-corrected chi connectivity index (χ0v) is 13.6. The Labute approximate surface area is 134 Å². The molecule has 0 saturated carbocycles. The van der Waals surface area contributed by atoms with Crippen molar-refractivity contribution in [2.75, 3.05) is 34.5 Å². The molecule has 126 valence electrons. The number of ether oxygens (including phenoxy) is 5. The molecule has 0 aliphatic carbocycles. The Morgan fingerprint density at radius 2 is 1.52 bits per heavy atom. The predicted molar refractivity (Wildman–Crippen MR) is 82.7 cm³/mol. The highest BCUT2D eigenvalue weighted by Gasteiger charge is 2.12. The molecule has 0 fully saturated rings. The van der Waals surface area contributed by atoms with E-state index in [-0.39, 0.29) is 13.2 Å². The number of rotatable bonds is 8. The van der Waals surface area contributed by atoms with Crippen LogP contribution in [0.3, 0.4) is 0 Å². The van der Waals surface area contributed by atoms with Gasteiger partial charge in [-0.25, -0.2) is 4.79 Å². The Morgan fingerprint density at radius 1 is 0.957 bits per heavy atom. The Balaban J connectivity index is 2.72. The van der Waals surface area contributed by atoms with Crippen LogP contribution < -0.4 is 14.2 Å². The molecule has 0 amide bonds. The molecular formula is C16H20O7. The van der Waals surface area contributed by atoms with E-state index >= 15 is 0 Å². The lowest BCUT2D eigenvalue weighted by atomic mass is 10.1. The van der Waals surface area contributed by atoms with Gasteiger partial charge in [0, 0.05) is 13.0 Å². The van der Waals surface area contributed by atoms with E-state index in [2.05, 4.69) is 4.74 Å². The normalized spacial score (nSPS) is 10.3. The first-order valence-corrected chi connectivity index (χ1v) is 6.80. The maximum absolute atomic E-state index is 11.6. The van der Waals surface area contributed by atoms with Crippen molar-refractivity contribution in [3.8, 4) is 17.2 Å². The van der Waals surface area contributed by atoms with Crippen molar-refractivity contribution in [1.29, 1.82) is 0 Å². The summed E-state index contributed by atoms with van der Waals surface area (Å²) in [4.78, 5) is 22.1. The third-order valence-electron chi connectivity index (χ3n) is 2.73. The fourth-order valence-corrected chi connectivity index (χ4v) is 1.74. The van der Waals surface area contributed by atoms with Gasteiger partial charge >= 0.3 is 11.9 Å². The second-order valence-corrected chi connectivity index (χ2v) is 4.30. The van der Waals surface area contributed by atoms with Crippen LogP contribution in [0.1, 0.15) is 12.5 Å². The van der Waals surface area contributed by atoms with Gasteiger partial charge in [0.05, 0.1) is 21.3 Å². The number of benzene rings is 1. The van der Waals surface area contributed by atoms with Crippen LogP contribution in [0, 0.1) is 0 Å². The molecule has 0 heterocycles. The average Bonchev–Trinajstić information content (AvgIpc) is 2.55. The van der Waals surface area contributed by atoms with Crippen molar-refractivity contribution >= 4 is 18.0 Å². The minimum atomic E-state index is -0.550. The number of carbonyl (C=O) groups excluding carboxylic acids is 2. The molecule has 0 aliphatic heterocycles. The van der Waals surface area contributed by atoms with Crippen LogP contribution in [0.2, 0.25) is 0 Å². The van der Waals surface area contributed by atoms with Gasteiger partial charge in [0.25, 0.3) is 0 Å². The molecule has 7 heteroatoms. The molecule has 0 aromatic heterocycles. The quantitative estimate of drug-likeness (QED) is 0.410. The summed E-state index contributed by atoms with van der Waals surface area (Å²) in [6.45, 7) is 1.31. The minimum absolute atomic E-state index is 0.00198. The van der Waals surface area contributed by atoms with Crippen molar-refractivity contribution < 1.29 is 33.3 Å². The lowest BCUT2D eigenvalue weighted by molar-refractivity contribution is -0.147. The lowest BCUT2D eigenvalue weighted by Crippen LogP contribution is -2.10. The summed E-state index contributed by atoms with van der Waals surface area (Å²) in [5, 5.41) is 0. The van der Waals surface area contributed by atoms with Crippen molar-refractivity contribution in [3.05, 3.63) is 23.8 Å². The topological polar surface area (TPSA) is 80.3 Å². The summed E-state index contributed by atoms with van der Waals surface area (Å²) in [7, 11) is 4.53. The predicted octanol–water partition coefficient (Wildman–Crippen LogP) is 1.83. The summed E-state index contributed by atoms with van der Waals surface area (Å²) in [5.41, 5.74) is 0.677. The van der Waals surface area contributed by atoms with Gasteiger partial charge in [0.15, 0.2) is 11.5 Å². The molecule has 0 bridgehead atoms. The van der Waals surface area contributed by atoms with Crippen molar-refractivity contribution in [2.24, 2.45) is 0 Å². The van der Waals surface area contributed by atoms with Crippen molar-refractivity contribution in [3.63, 3.8) is 0 Å². The average molecular weight is 324 g/mol. The van der Waals surface area contributed by atoms with Gasteiger partial charge < -0.3 is 23.7 Å². The molecule has 1 aromatic rings. The van der Waals surface area contributed by atoms with E-state index in [1.807, 2.05) is 0 Å². The van der Waals surface area contributed by atoms with Crippen LogP contribution in [-0.4, -0.2) is 46.5 Å². The van der Waals surface area contributed by atoms with Crippen LogP contribution in [0.25, 0.3) is 6.08 Å². The van der Waals surface area contributed by atoms with Crippen LogP contribution in [0.4, 0.5) is 0 Å². The van der Waals surface area contributed by atoms with Gasteiger partial charge in [0.1, 0.15) is 13.2 Å². The zero-order valence-electron chi connectivity index (χ0n) is 13.6. The van der Waals surface area contributed by atoms with E-state index in [0.717, 1.165) is 0 Å². The third kappa shape index (κ3) is 5.90. The highest BCUT2D eigenvalue weighted by molar-refractivity contribution is 5.87. The molecule has 23 heavy (non-hydrogen) atoms. The smallest absolute Gasteiger partial charge is 0.330 e. The SMILES string of the molecule is COc1cc(/C=C/C(=O)OCCOC(C)=O)cc(OC)c1OC. The first-order chi connectivity index (χ1) is 11.0. The molecular weight excluding hydrogens is 304 g/mol. The number of methoxy groups -OCH3 is 3. The monoisotopic (exact) mass is 324 g/mol. The Kier molecular flexibility index (Phi) is 7.45. The van der Waals surface area contributed by atoms with Gasteiger partial charge in [-0.2, -0.15) is 0 Å². The molecule has 0 unspecified atom stereocenters. The Bertz CT molecular complexity index is 553. The van der Waals surface area contributed by atoms with Gasteiger partial charge in [0.2, 0.25) is 5.75 Å². The van der Waals surface area contributed by atoms with Gasteiger partial charge in [-0.05, 0) is 23.8 Å². The van der Waals surface area contributed by atoms with E-state index < -0.39 is 11.9 Å². The Hall–Kier alpha value is -2.70. The highest BCUT2D eigenvalue weighted by Crippen LogP contribution is 2.38. The fourth-order valence-electron chi connectivity index (χ4n) is 1.74. The summed E-state index contributed by atoms with van der Waals surface area (Å²) in [6, 6.07) is 3.40. The molecule has 0 aliphatic rings. The number of carbonyl (C=O) groups is 2. The van der Waals surface area contributed by atoms with E-state index in [9.17, 15) is 9.59 Å². The zero-order chi connectivity index (χ0) is 17.2. The fraction of sp³-hybridized carbons (Fsp3) is 0.375. The van der Waals surface area contributed by atoms with E-state index in [1.165, 1.54) is 34.3 Å². The van der Waals surface area contributed by atoms with Crippen LogP contribution in [-0.2, 0) is 19.1 Å². The maximum atomic E-state index is 11.6. The first-order valence-electron chi connectivity index (χ1n) is 6.80. The number of hydrogen-bond acceptors (Lipinski definition) is 7. The van der Waals surface area contributed by atoms with Crippen molar-refractivity contribution in [2.45, 2.75) is 6.92 Å². The van der Waals surface area contributed by atoms with Crippen LogP contribution in [0.5, 0.6) is 17.2 Å². The number of esters is 2. The second-order valence-electron chi connectivity index (χ2n) is 4.30. The number of hydrogen-bond donors (Lipinski definition) is 0. The van der Waals surface area contributed by atoms with Crippen molar-refractivity contribution in [1.82, 2.24) is 0 Å². The largest absolute Gasteiger partial charge is 0.493 e. The molecule has 0 saturated heterocycles. The van der Waals surface area contributed by atoms with E-state index in [0.29, 0.717) is 22.8 Å². The molecule has 0 spiro atoms. The molecule has 7 nitrogen and oxygen atoms in total. The van der Waals surface area contributed by atoms with Crippen LogP contribution >= 0.6 is 0 Å². The van der Waals surface area contributed by atoms with E-state index in [1.54, 1.807) is 18.2 Å². The molecule has 0 radical (unpaired) electrons. The van der Waals surface area contributed by atoms with Gasteiger partial charge in [-0.15, -0.1) is 0 Å². The lowest BCUT2D eigenvalue weighted by Gasteiger charge is -2.12. The third-order valence-corrected chi connectivity index (χ3v) is 2.73. The van der Waals surface area contributed by atoms with E-state index in [4.69, 9.17) is 18.9 Å². The molecule has 0 N–H and O–H groups in total. The Morgan fingerprint density at radius 3 is 2.00 bits per heavy atom. The molecule has 1 aromatic carbocycles. The first kappa shape index (κ1) is 18.3. The highest BCUT2D eigenvalue weighted by atomic mass is 16.6. The van der Waals surface area contributed by atoms with Crippen LogP contribution in [0.15, 0.2) is 18.2 Å². The summed E-state index contributed by atoms with van der Waals surface area (Å²) in [5.74, 6) is 0.459. The summed E-state index contributed by atoms with van der Waals surface area (Å²) < 4.78 is 25.2. The second kappa shape index (κ2) is 9.34.